The molecule has 2 aromatic rings. The normalized spacial score (nSPS) is 10.7. The van der Waals surface area contributed by atoms with E-state index in [9.17, 15) is 0 Å². The van der Waals surface area contributed by atoms with Gasteiger partial charge in [0.05, 0.1) is 13.2 Å². The van der Waals surface area contributed by atoms with Gasteiger partial charge in [-0.2, -0.15) is 0 Å². The highest BCUT2D eigenvalue weighted by molar-refractivity contribution is 5.22. The van der Waals surface area contributed by atoms with Crippen molar-refractivity contribution >= 4 is 0 Å². The number of hydrogen-bond acceptors (Lipinski definition) is 3. The summed E-state index contributed by atoms with van der Waals surface area (Å²) in [4.78, 5) is 4.28. The Labute approximate surface area is 127 Å². The second-order valence-corrected chi connectivity index (χ2v) is 5.04. The minimum Gasteiger partial charge on any atom is -0.376 e. The van der Waals surface area contributed by atoms with Crippen LogP contribution in [0.2, 0.25) is 0 Å². The molecule has 1 N–H and O–H groups in total. The van der Waals surface area contributed by atoms with Crippen LogP contribution in [-0.2, 0) is 24.2 Å². The van der Waals surface area contributed by atoms with Crippen molar-refractivity contribution in [3.05, 3.63) is 65.5 Å². The molecule has 0 amide bonds. The van der Waals surface area contributed by atoms with Crippen molar-refractivity contribution in [2.75, 3.05) is 19.7 Å². The lowest BCUT2D eigenvalue weighted by atomic mass is 10.1. The van der Waals surface area contributed by atoms with Gasteiger partial charge in [-0.25, -0.2) is 0 Å². The number of benzene rings is 1. The molecule has 0 aliphatic rings. The van der Waals surface area contributed by atoms with Gasteiger partial charge >= 0.3 is 0 Å². The van der Waals surface area contributed by atoms with E-state index >= 15 is 0 Å². The number of aromatic nitrogens is 1. The lowest BCUT2D eigenvalue weighted by molar-refractivity contribution is 0.123. The average Bonchev–Trinajstić information content (AvgIpc) is 2.54. The molecule has 1 aromatic carbocycles. The molecule has 0 radical (unpaired) electrons. The molecular formula is C18H24N2O. The van der Waals surface area contributed by atoms with E-state index in [1.807, 2.05) is 24.4 Å². The van der Waals surface area contributed by atoms with Crippen LogP contribution < -0.4 is 5.32 Å². The van der Waals surface area contributed by atoms with Gasteiger partial charge < -0.3 is 10.1 Å². The number of likely N-dealkylation sites (N-methyl/N-ethyl adjacent to an activating group) is 1. The number of pyridine rings is 1. The first-order valence-electron chi connectivity index (χ1n) is 7.64. The molecule has 0 fully saturated rings. The minimum absolute atomic E-state index is 0.667. The van der Waals surface area contributed by atoms with E-state index in [-0.39, 0.29) is 0 Å². The summed E-state index contributed by atoms with van der Waals surface area (Å²) < 4.78 is 5.71. The van der Waals surface area contributed by atoms with Crippen LogP contribution in [0.25, 0.3) is 0 Å². The van der Waals surface area contributed by atoms with Gasteiger partial charge in [0, 0.05) is 18.3 Å². The molecule has 0 spiro atoms. The van der Waals surface area contributed by atoms with Crippen molar-refractivity contribution in [1.82, 2.24) is 10.3 Å². The second kappa shape index (κ2) is 9.27. The topological polar surface area (TPSA) is 34.1 Å². The van der Waals surface area contributed by atoms with Crippen molar-refractivity contribution in [2.45, 2.75) is 26.4 Å². The number of hydrogen-bond donors (Lipinski definition) is 1. The molecular weight excluding hydrogens is 260 g/mol. The molecule has 3 heteroatoms. The third-order valence-corrected chi connectivity index (χ3v) is 3.36. The highest BCUT2D eigenvalue weighted by Gasteiger charge is 1.97. The van der Waals surface area contributed by atoms with E-state index in [0.29, 0.717) is 13.2 Å². The molecule has 0 aliphatic heterocycles. The predicted octanol–water partition coefficient (Wildman–Crippen LogP) is 2.99. The zero-order chi connectivity index (χ0) is 14.8. The highest BCUT2D eigenvalue weighted by Crippen LogP contribution is 2.07. The molecule has 1 aromatic heterocycles. The molecule has 1 heterocycles. The molecule has 0 atom stereocenters. The highest BCUT2D eigenvalue weighted by atomic mass is 16.5. The maximum Gasteiger partial charge on any atom is 0.0717 e. The SMILES string of the molecule is CCNCCc1ccc(COCCc2ccccn2)cc1. The van der Waals surface area contributed by atoms with Crippen LogP contribution in [0.4, 0.5) is 0 Å². The number of ether oxygens (including phenoxy) is 1. The van der Waals surface area contributed by atoms with Gasteiger partial charge in [0.15, 0.2) is 0 Å². The lowest BCUT2D eigenvalue weighted by Crippen LogP contribution is -2.15. The Morgan fingerprint density at radius 2 is 1.81 bits per heavy atom. The van der Waals surface area contributed by atoms with E-state index in [4.69, 9.17) is 4.74 Å². The monoisotopic (exact) mass is 284 g/mol. The molecule has 0 saturated heterocycles. The Balaban J connectivity index is 1.66. The maximum absolute atomic E-state index is 5.71. The summed E-state index contributed by atoms with van der Waals surface area (Å²) in [7, 11) is 0. The van der Waals surface area contributed by atoms with Gasteiger partial charge in [0.25, 0.3) is 0 Å². The van der Waals surface area contributed by atoms with E-state index in [2.05, 4.69) is 41.5 Å². The minimum atomic E-state index is 0.667. The van der Waals surface area contributed by atoms with E-state index in [0.717, 1.165) is 31.6 Å². The Bertz CT molecular complexity index is 496. The number of nitrogens with zero attached hydrogens (tertiary/aromatic N) is 1. The fourth-order valence-corrected chi connectivity index (χ4v) is 2.12. The molecule has 3 nitrogen and oxygen atoms in total. The van der Waals surface area contributed by atoms with Crippen molar-refractivity contribution in [3.63, 3.8) is 0 Å². The maximum atomic E-state index is 5.71. The van der Waals surface area contributed by atoms with Crippen molar-refractivity contribution in [3.8, 4) is 0 Å². The van der Waals surface area contributed by atoms with Crippen LogP contribution in [0.5, 0.6) is 0 Å². The molecule has 0 aliphatic carbocycles. The van der Waals surface area contributed by atoms with Crippen LogP contribution >= 0.6 is 0 Å². The Hall–Kier alpha value is -1.71. The average molecular weight is 284 g/mol. The van der Waals surface area contributed by atoms with Crippen molar-refractivity contribution in [1.29, 1.82) is 0 Å². The lowest BCUT2D eigenvalue weighted by Gasteiger charge is -2.06. The van der Waals surface area contributed by atoms with Gasteiger partial charge in [-0.05, 0) is 42.8 Å². The summed E-state index contributed by atoms with van der Waals surface area (Å²) in [6, 6.07) is 14.7. The Morgan fingerprint density at radius 3 is 2.52 bits per heavy atom. The fourth-order valence-electron chi connectivity index (χ4n) is 2.12. The first-order chi connectivity index (χ1) is 10.4. The first-order valence-corrected chi connectivity index (χ1v) is 7.64. The van der Waals surface area contributed by atoms with Crippen LogP contribution in [0, 0.1) is 0 Å². The number of rotatable bonds is 9. The standard InChI is InChI=1S/C18H24N2O/c1-2-19-13-10-16-6-8-17(9-7-16)15-21-14-11-18-5-3-4-12-20-18/h3-9,12,19H,2,10-11,13-15H2,1H3. The van der Waals surface area contributed by atoms with E-state index in [1.165, 1.54) is 11.1 Å². The molecule has 0 bridgehead atoms. The zero-order valence-electron chi connectivity index (χ0n) is 12.7. The van der Waals surface area contributed by atoms with Gasteiger partial charge in [-0.15, -0.1) is 0 Å². The van der Waals surface area contributed by atoms with Gasteiger partial charge in [0.2, 0.25) is 0 Å². The first kappa shape index (κ1) is 15.7. The molecule has 112 valence electrons. The summed E-state index contributed by atoms with van der Waals surface area (Å²) in [6.45, 7) is 5.57. The molecule has 21 heavy (non-hydrogen) atoms. The molecule has 2 rings (SSSR count). The van der Waals surface area contributed by atoms with Crippen LogP contribution in [0.3, 0.4) is 0 Å². The number of nitrogens with one attached hydrogen (secondary N) is 1. The summed E-state index contributed by atoms with van der Waals surface area (Å²) in [5, 5.41) is 3.34. The van der Waals surface area contributed by atoms with Crippen molar-refractivity contribution in [2.24, 2.45) is 0 Å². The van der Waals surface area contributed by atoms with E-state index in [1.54, 1.807) is 0 Å². The van der Waals surface area contributed by atoms with Crippen LogP contribution in [0.15, 0.2) is 48.7 Å². The zero-order valence-corrected chi connectivity index (χ0v) is 12.7. The Morgan fingerprint density at radius 1 is 1.00 bits per heavy atom. The van der Waals surface area contributed by atoms with Crippen LogP contribution in [0.1, 0.15) is 23.7 Å². The third-order valence-electron chi connectivity index (χ3n) is 3.36. The summed E-state index contributed by atoms with van der Waals surface area (Å²) >= 11 is 0. The predicted molar refractivity (Wildman–Crippen MR) is 86.3 cm³/mol. The third kappa shape index (κ3) is 6.06. The fraction of sp³-hybridized carbons (Fsp3) is 0.389. The van der Waals surface area contributed by atoms with E-state index < -0.39 is 0 Å². The molecule has 0 saturated carbocycles. The second-order valence-electron chi connectivity index (χ2n) is 5.04. The van der Waals surface area contributed by atoms with Crippen molar-refractivity contribution < 1.29 is 4.74 Å². The quantitative estimate of drug-likeness (QED) is 0.719. The summed E-state index contributed by atoms with van der Waals surface area (Å²) in [5.74, 6) is 0. The summed E-state index contributed by atoms with van der Waals surface area (Å²) in [6.07, 6.45) is 3.76. The Kier molecular flexibility index (Phi) is 6.92. The summed E-state index contributed by atoms with van der Waals surface area (Å²) in [5.41, 5.74) is 3.67. The largest absolute Gasteiger partial charge is 0.376 e. The smallest absolute Gasteiger partial charge is 0.0717 e. The van der Waals surface area contributed by atoms with Gasteiger partial charge in [0.1, 0.15) is 0 Å². The van der Waals surface area contributed by atoms with Gasteiger partial charge in [-0.3, -0.25) is 4.98 Å². The van der Waals surface area contributed by atoms with Gasteiger partial charge in [-0.1, -0.05) is 37.3 Å². The van der Waals surface area contributed by atoms with Crippen LogP contribution in [-0.4, -0.2) is 24.7 Å². The molecule has 0 unspecified atom stereocenters.